The van der Waals surface area contributed by atoms with E-state index in [1.165, 1.54) is 4.68 Å². The molecular formula is C37H37N5O5. The number of fused-ring (bicyclic) bond motifs is 1. The van der Waals surface area contributed by atoms with E-state index in [1.54, 1.807) is 37.8 Å². The van der Waals surface area contributed by atoms with Crippen LogP contribution in [0, 0.1) is 6.92 Å². The number of carbonyl (C=O) groups excluding carboxylic acids is 2. The standard InChI is InChI=1S/C37H37N5O5/c1-22-33(37(45)42(40(22)2)23-12-6-5-7-13-23)39-31(43)21-41-35(25-14-8-9-15-26(25)36(41)44)32-27-16-10-11-17-29(27)38-34(32)28-20-24(46-3)18-19-30(28)47-4/h5-7,10-13,16-20,35,38H,8-9,14-15,21H2,1-4H3,(H,39,43). The molecule has 0 bridgehead atoms. The lowest BCUT2D eigenvalue weighted by Crippen LogP contribution is -2.38. The second-order valence-corrected chi connectivity index (χ2v) is 12.1. The van der Waals surface area contributed by atoms with Gasteiger partial charge < -0.3 is 24.7 Å². The quantitative estimate of drug-likeness (QED) is 0.217. The summed E-state index contributed by atoms with van der Waals surface area (Å²) >= 11 is 0. The highest BCUT2D eigenvalue weighted by molar-refractivity contribution is 6.04. The molecule has 0 radical (unpaired) electrons. The fourth-order valence-corrected chi connectivity index (χ4v) is 7.16. The molecule has 1 unspecified atom stereocenters. The molecule has 2 N–H and O–H groups in total. The second kappa shape index (κ2) is 12.0. The van der Waals surface area contributed by atoms with Crippen LogP contribution >= 0.6 is 0 Å². The van der Waals surface area contributed by atoms with Crippen molar-refractivity contribution in [1.82, 2.24) is 19.2 Å². The molecule has 5 aromatic rings. The fraction of sp³-hybridized carbons (Fsp3) is 0.270. The van der Waals surface area contributed by atoms with Gasteiger partial charge in [0.25, 0.3) is 11.5 Å². The van der Waals surface area contributed by atoms with Gasteiger partial charge in [0.15, 0.2) is 0 Å². The van der Waals surface area contributed by atoms with Crippen LogP contribution in [0.2, 0.25) is 0 Å². The Kier molecular flexibility index (Phi) is 7.71. The molecule has 10 nitrogen and oxygen atoms in total. The van der Waals surface area contributed by atoms with Gasteiger partial charge in [0.1, 0.15) is 23.7 Å². The molecular weight excluding hydrogens is 594 g/mol. The number of para-hydroxylation sites is 2. The van der Waals surface area contributed by atoms with Gasteiger partial charge in [-0.3, -0.25) is 19.1 Å². The molecule has 2 aromatic heterocycles. The number of nitrogens with zero attached hydrogens (tertiary/aromatic N) is 3. The SMILES string of the molecule is COc1ccc(OC)c(-c2[nH]c3ccccc3c2C2C3=C(CCCC3)C(=O)N2CC(=O)Nc2c(C)n(C)n(-c3ccccc3)c2=O)c1. The van der Waals surface area contributed by atoms with Crippen molar-refractivity contribution in [2.45, 2.75) is 38.6 Å². The summed E-state index contributed by atoms with van der Waals surface area (Å²) in [7, 11) is 5.03. The Balaban J connectivity index is 1.32. The lowest BCUT2D eigenvalue weighted by atomic mass is 9.86. The monoisotopic (exact) mass is 631 g/mol. The lowest BCUT2D eigenvalue weighted by Gasteiger charge is -2.28. The van der Waals surface area contributed by atoms with Gasteiger partial charge in [-0.15, -0.1) is 0 Å². The first-order chi connectivity index (χ1) is 22.8. The highest BCUT2D eigenvalue weighted by Crippen LogP contribution is 2.50. The molecule has 2 amide bonds. The van der Waals surface area contributed by atoms with Crippen LogP contribution in [0.4, 0.5) is 5.69 Å². The van der Waals surface area contributed by atoms with Crippen LogP contribution in [0.5, 0.6) is 11.5 Å². The van der Waals surface area contributed by atoms with E-state index in [1.807, 2.05) is 72.8 Å². The molecule has 0 spiro atoms. The van der Waals surface area contributed by atoms with Gasteiger partial charge in [-0.25, -0.2) is 4.68 Å². The number of aromatic nitrogens is 3. The van der Waals surface area contributed by atoms with Crippen molar-refractivity contribution in [2.24, 2.45) is 7.05 Å². The van der Waals surface area contributed by atoms with Crippen LogP contribution in [0.3, 0.4) is 0 Å². The third-order valence-electron chi connectivity index (χ3n) is 9.50. The Hall–Kier alpha value is -5.51. The van der Waals surface area contributed by atoms with Gasteiger partial charge in [-0.1, -0.05) is 36.4 Å². The van der Waals surface area contributed by atoms with E-state index in [9.17, 15) is 14.4 Å². The van der Waals surface area contributed by atoms with Crippen molar-refractivity contribution < 1.29 is 19.1 Å². The van der Waals surface area contributed by atoms with Crippen molar-refractivity contribution in [3.63, 3.8) is 0 Å². The zero-order valence-electron chi connectivity index (χ0n) is 26.9. The molecule has 1 aliphatic heterocycles. The Morgan fingerprint density at radius 2 is 1.70 bits per heavy atom. The minimum Gasteiger partial charge on any atom is -0.497 e. The average molecular weight is 632 g/mol. The minimum absolute atomic E-state index is 0.139. The largest absolute Gasteiger partial charge is 0.497 e. The Bertz CT molecular complexity index is 2120. The first kappa shape index (κ1) is 30.2. The van der Waals surface area contributed by atoms with Crippen LogP contribution < -0.4 is 20.3 Å². The van der Waals surface area contributed by atoms with Crippen LogP contribution in [-0.4, -0.2) is 51.8 Å². The molecule has 1 aliphatic carbocycles. The maximum atomic E-state index is 14.2. The predicted octanol–water partition coefficient (Wildman–Crippen LogP) is 6.04. The van der Waals surface area contributed by atoms with E-state index in [0.717, 1.165) is 58.1 Å². The van der Waals surface area contributed by atoms with Gasteiger partial charge >= 0.3 is 0 Å². The van der Waals surface area contributed by atoms with Crippen LogP contribution in [0.15, 0.2) is 88.7 Å². The highest BCUT2D eigenvalue weighted by Gasteiger charge is 2.43. The summed E-state index contributed by atoms with van der Waals surface area (Å²) in [6.45, 7) is 1.57. The summed E-state index contributed by atoms with van der Waals surface area (Å²) in [5.41, 5.74) is 6.39. The van der Waals surface area contributed by atoms with Gasteiger partial charge in [0, 0.05) is 34.7 Å². The van der Waals surface area contributed by atoms with Crippen molar-refractivity contribution >= 4 is 28.4 Å². The van der Waals surface area contributed by atoms with E-state index in [-0.39, 0.29) is 23.7 Å². The number of carbonyl (C=O) groups is 2. The molecule has 7 rings (SSSR count). The molecule has 3 heterocycles. The molecule has 10 heteroatoms. The van der Waals surface area contributed by atoms with Crippen LogP contribution in [0.25, 0.3) is 27.8 Å². The number of methoxy groups -OCH3 is 2. The summed E-state index contributed by atoms with van der Waals surface area (Å²) in [5.74, 6) is 0.746. The van der Waals surface area contributed by atoms with Gasteiger partial charge in [-0.2, -0.15) is 0 Å². The number of hydrogen-bond donors (Lipinski definition) is 2. The van der Waals surface area contributed by atoms with E-state index in [2.05, 4.69) is 10.3 Å². The number of hydrogen-bond acceptors (Lipinski definition) is 5. The summed E-state index contributed by atoms with van der Waals surface area (Å²) in [5, 5.41) is 3.83. The molecule has 240 valence electrons. The number of amides is 2. The number of rotatable bonds is 8. The number of H-pyrrole nitrogens is 1. The lowest BCUT2D eigenvalue weighted by molar-refractivity contribution is -0.131. The first-order valence-electron chi connectivity index (χ1n) is 15.8. The minimum atomic E-state index is -0.483. The van der Waals surface area contributed by atoms with Crippen LogP contribution in [-0.2, 0) is 16.6 Å². The summed E-state index contributed by atoms with van der Waals surface area (Å²) < 4.78 is 14.6. The Morgan fingerprint density at radius 1 is 0.957 bits per heavy atom. The third-order valence-corrected chi connectivity index (χ3v) is 9.50. The topological polar surface area (TPSA) is 111 Å². The number of nitrogens with one attached hydrogen (secondary N) is 2. The van der Waals surface area contributed by atoms with Gasteiger partial charge in [-0.05, 0) is 74.6 Å². The zero-order chi connectivity index (χ0) is 32.8. The summed E-state index contributed by atoms with van der Waals surface area (Å²) in [6.07, 6.45) is 3.31. The van der Waals surface area contributed by atoms with E-state index in [4.69, 9.17) is 9.47 Å². The average Bonchev–Trinajstić information content (AvgIpc) is 3.68. The van der Waals surface area contributed by atoms with Gasteiger partial charge in [0.2, 0.25) is 5.91 Å². The van der Waals surface area contributed by atoms with Gasteiger partial charge in [0.05, 0.1) is 37.3 Å². The molecule has 3 aromatic carbocycles. The van der Waals surface area contributed by atoms with E-state index >= 15 is 0 Å². The number of aromatic amines is 1. The molecule has 1 atom stereocenters. The van der Waals surface area contributed by atoms with Crippen LogP contribution in [0.1, 0.15) is 43.0 Å². The van der Waals surface area contributed by atoms with Crippen molar-refractivity contribution in [1.29, 1.82) is 0 Å². The highest BCUT2D eigenvalue weighted by atomic mass is 16.5. The molecule has 0 saturated carbocycles. The smallest absolute Gasteiger partial charge is 0.295 e. The van der Waals surface area contributed by atoms with Crippen molar-refractivity contribution in [3.05, 3.63) is 106 Å². The third kappa shape index (κ3) is 5.00. The Labute approximate surface area is 272 Å². The summed E-state index contributed by atoms with van der Waals surface area (Å²) in [6, 6.07) is 22.4. The number of ether oxygens (including phenoxy) is 2. The molecule has 0 fully saturated rings. The van der Waals surface area contributed by atoms with Crippen molar-refractivity contribution in [3.8, 4) is 28.4 Å². The fourth-order valence-electron chi connectivity index (χ4n) is 7.16. The normalized spacial score (nSPS) is 16.1. The van der Waals surface area contributed by atoms with Crippen molar-refractivity contribution in [2.75, 3.05) is 26.1 Å². The number of benzene rings is 3. The molecule has 47 heavy (non-hydrogen) atoms. The molecule has 2 aliphatic rings. The summed E-state index contributed by atoms with van der Waals surface area (Å²) in [4.78, 5) is 46.9. The first-order valence-corrected chi connectivity index (χ1v) is 15.8. The maximum absolute atomic E-state index is 14.2. The predicted molar refractivity (Wildman–Crippen MR) is 181 cm³/mol. The Morgan fingerprint density at radius 3 is 2.47 bits per heavy atom. The zero-order valence-corrected chi connectivity index (χ0v) is 26.9. The van der Waals surface area contributed by atoms with E-state index < -0.39 is 11.9 Å². The molecule has 0 saturated heterocycles. The second-order valence-electron chi connectivity index (χ2n) is 12.1. The number of anilines is 1. The van der Waals surface area contributed by atoms with E-state index in [0.29, 0.717) is 29.3 Å². The maximum Gasteiger partial charge on any atom is 0.295 e.